The van der Waals surface area contributed by atoms with E-state index in [4.69, 9.17) is 21.1 Å². The Bertz CT molecular complexity index is 994. The molecule has 2 aromatic carbocycles. The first-order valence-electron chi connectivity index (χ1n) is 8.64. The van der Waals surface area contributed by atoms with Crippen LogP contribution >= 0.6 is 11.6 Å². The number of hydrogen-bond donors (Lipinski definition) is 1. The fourth-order valence-corrected chi connectivity index (χ4v) is 3.63. The van der Waals surface area contributed by atoms with Crippen LogP contribution in [-0.4, -0.2) is 16.6 Å². The number of halogens is 1. The van der Waals surface area contributed by atoms with Gasteiger partial charge in [0.1, 0.15) is 5.82 Å². The van der Waals surface area contributed by atoms with Gasteiger partial charge in [-0.1, -0.05) is 23.7 Å². The number of nitrogens with zero attached hydrogens (tertiary/aromatic N) is 2. The summed E-state index contributed by atoms with van der Waals surface area (Å²) in [7, 11) is 0. The Labute approximate surface area is 156 Å². The highest BCUT2D eigenvalue weighted by atomic mass is 35.5. The van der Waals surface area contributed by atoms with Crippen molar-refractivity contribution in [2.75, 3.05) is 12.1 Å². The Balaban J connectivity index is 1.50. The van der Waals surface area contributed by atoms with Crippen LogP contribution in [0.4, 0.5) is 5.82 Å². The maximum absolute atomic E-state index is 6.16. The van der Waals surface area contributed by atoms with Crippen molar-refractivity contribution in [2.24, 2.45) is 0 Å². The molecule has 132 valence electrons. The summed E-state index contributed by atoms with van der Waals surface area (Å²) in [5, 5.41) is 9.03. The Hall–Kier alpha value is -2.66. The summed E-state index contributed by atoms with van der Waals surface area (Å²) in [4.78, 5) is 0. The van der Waals surface area contributed by atoms with Crippen molar-refractivity contribution in [3.63, 3.8) is 0 Å². The zero-order valence-corrected chi connectivity index (χ0v) is 15.1. The largest absolute Gasteiger partial charge is 0.454 e. The normalized spacial score (nSPS) is 16.5. The van der Waals surface area contributed by atoms with E-state index in [1.165, 1.54) is 5.56 Å². The molecule has 1 N–H and O–H groups in total. The summed E-state index contributed by atoms with van der Waals surface area (Å²) in [6, 6.07) is 16.0. The third-order valence-electron chi connectivity index (χ3n) is 4.93. The fourth-order valence-electron chi connectivity index (χ4n) is 3.44. The van der Waals surface area contributed by atoms with Gasteiger partial charge in [-0.15, -0.1) is 0 Å². The van der Waals surface area contributed by atoms with Crippen LogP contribution in [0.25, 0.3) is 5.69 Å². The van der Waals surface area contributed by atoms with E-state index in [2.05, 4.69) is 28.6 Å². The second kappa shape index (κ2) is 5.68. The Morgan fingerprint density at radius 1 is 1.08 bits per heavy atom. The molecular weight excluding hydrogens is 350 g/mol. The molecule has 0 amide bonds. The maximum Gasteiger partial charge on any atom is 0.231 e. The summed E-state index contributed by atoms with van der Waals surface area (Å²) in [5.41, 5.74) is 3.01. The average Bonchev–Trinajstić information content (AvgIpc) is 3.10. The number of aromatic nitrogens is 2. The van der Waals surface area contributed by atoms with Crippen molar-refractivity contribution in [3.8, 4) is 17.2 Å². The van der Waals surface area contributed by atoms with E-state index in [0.717, 1.165) is 41.5 Å². The minimum atomic E-state index is -0.0935. The van der Waals surface area contributed by atoms with E-state index in [1.54, 1.807) is 0 Å². The molecule has 1 aliphatic carbocycles. The maximum atomic E-state index is 6.16. The number of hydrogen-bond acceptors (Lipinski definition) is 4. The second-order valence-corrected chi connectivity index (χ2v) is 7.27. The molecule has 6 heteroatoms. The lowest BCUT2D eigenvalue weighted by Gasteiger charge is -2.20. The summed E-state index contributed by atoms with van der Waals surface area (Å²) < 4.78 is 12.9. The van der Waals surface area contributed by atoms with E-state index in [-0.39, 0.29) is 5.54 Å². The minimum Gasteiger partial charge on any atom is -0.454 e. The number of ether oxygens (including phenoxy) is 2. The van der Waals surface area contributed by atoms with Gasteiger partial charge in [-0.05, 0) is 55.7 Å². The predicted octanol–water partition coefficient (Wildman–Crippen LogP) is 4.66. The molecule has 1 fully saturated rings. The first-order valence-corrected chi connectivity index (χ1v) is 9.02. The van der Waals surface area contributed by atoms with Crippen molar-refractivity contribution in [3.05, 3.63) is 64.8 Å². The van der Waals surface area contributed by atoms with Gasteiger partial charge in [-0.25, -0.2) is 4.68 Å². The Morgan fingerprint density at radius 2 is 1.92 bits per heavy atom. The molecule has 0 spiro atoms. The molecule has 2 aliphatic rings. The van der Waals surface area contributed by atoms with Crippen LogP contribution in [-0.2, 0) is 5.54 Å². The summed E-state index contributed by atoms with van der Waals surface area (Å²) in [6.07, 6.45) is 2.12. The lowest BCUT2D eigenvalue weighted by molar-refractivity contribution is 0.174. The van der Waals surface area contributed by atoms with Gasteiger partial charge in [0, 0.05) is 11.1 Å². The quantitative estimate of drug-likeness (QED) is 0.728. The zero-order valence-electron chi connectivity index (χ0n) is 14.3. The topological polar surface area (TPSA) is 48.3 Å². The highest BCUT2D eigenvalue weighted by molar-refractivity contribution is 6.30. The van der Waals surface area contributed by atoms with E-state index >= 15 is 0 Å². The monoisotopic (exact) mass is 367 g/mol. The highest BCUT2D eigenvalue weighted by Crippen LogP contribution is 2.50. The van der Waals surface area contributed by atoms with Gasteiger partial charge in [0.05, 0.1) is 16.9 Å². The van der Waals surface area contributed by atoms with Gasteiger partial charge in [0.15, 0.2) is 11.5 Å². The lowest BCUT2D eigenvalue weighted by atomic mass is 10.0. The third-order valence-corrected chi connectivity index (χ3v) is 5.16. The van der Waals surface area contributed by atoms with E-state index in [9.17, 15) is 0 Å². The summed E-state index contributed by atoms with van der Waals surface area (Å²) >= 11 is 6.16. The van der Waals surface area contributed by atoms with E-state index in [1.807, 2.05) is 41.9 Å². The van der Waals surface area contributed by atoms with Crippen LogP contribution in [0, 0.1) is 6.92 Å². The second-order valence-electron chi connectivity index (χ2n) is 6.84. The molecule has 0 unspecified atom stereocenters. The number of benzene rings is 2. The highest BCUT2D eigenvalue weighted by Gasteiger charge is 2.45. The summed E-state index contributed by atoms with van der Waals surface area (Å²) in [5.74, 6) is 2.58. The molecule has 0 radical (unpaired) electrons. The van der Waals surface area contributed by atoms with Gasteiger partial charge < -0.3 is 14.8 Å². The van der Waals surface area contributed by atoms with Crippen LogP contribution in [0.1, 0.15) is 24.1 Å². The van der Waals surface area contributed by atoms with Crippen molar-refractivity contribution in [1.29, 1.82) is 0 Å². The average molecular weight is 368 g/mol. The van der Waals surface area contributed by atoms with Gasteiger partial charge in [-0.3, -0.25) is 0 Å². The molecule has 0 atom stereocenters. The molecule has 1 aromatic heterocycles. The molecule has 0 saturated heterocycles. The van der Waals surface area contributed by atoms with Crippen molar-refractivity contribution in [2.45, 2.75) is 25.3 Å². The van der Waals surface area contributed by atoms with E-state index in [0.29, 0.717) is 11.8 Å². The Morgan fingerprint density at radius 3 is 2.73 bits per heavy atom. The SMILES string of the molecule is Cc1cc(NC2(c3ccc4c(c3)OCO4)CC2)n(-c2cccc(Cl)c2)n1. The standard InChI is InChI=1S/C20H18ClN3O2/c1-13-9-19(24(23-13)16-4-2-3-15(21)11-16)22-20(7-8-20)14-5-6-17-18(10-14)26-12-25-17/h2-6,9-11,22H,7-8,12H2,1H3. The predicted molar refractivity (Wildman–Crippen MR) is 100 cm³/mol. The molecule has 2 heterocycles. The first-order chi connectivity index (χ1) is 12.6. The molecule has 1 saturated carbocycles. The molecule has 0 bridgehead atoms. The molecule has 3 aromatic rings. The van der Waals surface area contributed by atoms with Gasteiger partial charge in [0.25, 0.3) is 0 Å². The van der Waals surface area contributed by atoms with Crippen molar-refractivity contribution in [1.82, 2.24) is 9.78 Å². The smallest absolute Gasteiger partial charge is 0.231 e. The zero-order chi connectivity index (χ0) is 17.7. The fraction of sp³-hybridized carbons (Fsp3) is 0.250. The number of aryl methyl sites for hydroxylation is 1. The molecule has 26 heavy (non-hydrogen) atoms. The van der Waals surface area contributed by atoms with Gasteiger partial charge >= 0.3 is 0 Å². The van der Waals surface area contributed by atoms with Crippen molar-refractivity contribution >= 4 is 17.4 Å². The molecule has 1 aliphatic heterocycles. The van der Waals surface area contributed by atoms with Crippen LogP contribution < -0.4 is 14.8 Å². The number of rotatable bonds is 4. The number of anilines is 1. The van der Waals surface area contributed by atoms with Crippen LogP contribution in [0.3, 0.4) is 0 Å². The Kier molecular flexibility index (Phi) is 3.40. The van der Waals surface area contributed by atoms with Gasteiger partial charge in [-0.2, -0.15) is 5.10 Å². The van der Waals surface area contributed by atoms with E-state index < -0.39 is 0 Å². The molecule has 5 rings (SSSR count). The van der Waals surface area contributed by atoms with Crippen LogP contribution in [0.5, 0.6) is 11.5 Å². The van der Waals surface area contributed by atoms with Gasteiger partial charge in [0.2, 0.25) is 6.79 Å². The van der Waals surface area contributed by atoms with Crippen LogP contribution in [0.2, 0.25) is 5.02 Å². The number of fused-ring (bicyclic) bond motifs is 1. The molecular formula is C20H18ClN3O2. The first kappa shape index (κ1) is 15.6. The van der Waals surface area contributed by atoms with Crippen LogP contribution in [0.15, 0.2) is 48.5 Å². The minimum absolute atomic E-state index is 0.0935. The lowest BCUT2D eigenvalue weighted by Crippen LogP contribution is -2.20. The van der Waals surface area contributed by atoms with Crippen molar-refractivity contribution < 1.29 is 9.47 Å². The third kappa shape index (κ3) is 2.59. The summed E-state index contributed by atoms with van der Waals surface area (Å²) in [6.45, 7) is 2.28. The number of nitrogens with one attached hydrogen (secondary N) is 1. The molecule has 5 nitrogen and oxygen atoms in total.